The van der Waals surface area contributed by atoms with Crippen molar-refractivity contribution in [2.45, 2.75) is 31.5 Å². The van der Waals surface area contributed by atoms with Crippen molar-refractivity contribution in [2.75, 3.05) is 13.1 Å². The monoisotopic (exact) mass is 333 g/mol. The molecule has 1 amide bonds. The molecule has 2 aromatic heterocycles. The molecule has 2 atom stereocenters. The molecule has 1 fully saturated rings. The van der Waals surface area contributed by atoms with Gasteiger partial charge in [-0.25, -0.2) is 4.98 Å². The fourth-order valence-electron chi connectivity index (χ4n) is 2.72. The Bertz CT molecular complexity index is 691. The molecule has 1 aliphatic heterocycles. The highest BCUT2D eigenvalue weighted by Gasteiger charge is 2.40. The second-order valence-corrected chi connectivity index (χ2v) is 6.61. The summed E-state index contributed by atoms with van der Waals surface area (Å²) >= 11 is 1.39. The molecule has 0 bridgehead atoms. The van der Waals surface area contributed by atoms with Crippen LogP contribution in [0.5, 0.6) is 0 Å². The minimum absolute atomic E-state index is 0.128. The first kappa shape index (κ1) is 16.0. The van der Waals surface area contributed by atoms with E-state index in [1.54, 1.807) is 22.7 Å². The number of carbonyl (C=O) groups excluding carboxylic acids is 1. The molecule has 2 aromatic rings. The van der Waals surface area contributed by atoms with Gasteiger partial charge in [0.1, 0.15) is 16.8 Å². The lowest BCUT2D eigenvalue weighted by Gasteiger charge is -2.41. The predicted molar refractivity (Wildman–Crippen MR) is 87.1 cm³/mol. The van der Waals surface area contributed by atoms with Crippen molar-refractivity contribution >= 4 is 17.2 Å². The highest BCUT2D eigenvalue weighted by atomic mass is 32.1. The highest BCUT2D eigenvalue weighted by Crippen LogP contribution is 2.28. The first-order valence-electron chi connectivity index (χ1n) is 7.59. The van der Waals surface area contributed by atoms with Crippen LogP contribution in [0.15, 0.2) is 29.9 Å². The van der Waals surface area contributed by atoms with E-state index in [4.69, 9.17) is 0 Å². The summed E-state index contributed by atoms with van der Waals surface area (Å²) < 4.78 is 0. The maximum atomic E-state index is 12.6. The molecule has 2 N–H and O–H groups in total. The van der Waals surface area contributed by atoms with Crippen molar-refractivity contribution < 1.29 is 15.0 Å². The number of β-amino-alcohol motifs (C(OH)–C–C–N with tert-alkyl or cyclic N) is 1. The van der Waals surface area contributed by atoms with Crippen LogP contribution < -0.4 is 0 Å². The zero-order valence-corrected chi connectivity index (χ0v) is 13.7. The van der Waals surface area contributed by atoms with Crippen molar-refractivity contribution in [3.8, 4) is 10.6 Å². The summed E-state index contributed by atoms with van der Waals surface area (Å²) in [5.41, 5.74) is 0.137. The topological polar surface area (TPSA) is 86.5 Å². The number of pyridine rings is 1. The summed E-state index contributed by atoms with van der Waals surface area (Å²) in [4.78, 5) is 22.5. The Labute approximate surface area is 138 Å². The number of piperidine rings is 1. The number of nitrogens with zero attached hydrogens (tertiary/aromatic N) is 3. The number of rotatable bonds is 3. The van der Waals surface area contributed by atoms with E-state index in [-0.39, 0.29) is 12.5 Å². The van der Waals surface area contributed by atoms with Crippen molar-refractivity contribution in [3.05, 3.63) is 35.6 Å². The van der Waals surface area contributed by atoms with Crippen LogP contribution >= 0.6 is 11.3 Å². The number of likely N-dealkylation sites (tertiary alicyclic amines) is 1. The largest absolute Gasteiger partial charge is 0.388 e. The molecule has 7 heteroatoms. The number of aliphatic hydroxyl groups excluding tert-OH is 1. The van der Waals surface area contributed by atoms with E-state index in [1.807, 2.05) is 19.1 Å². The first-order valence-corrected chi connectivity index (χ1v) is 8.47. The van der Waals surface area contributed by atoms with E-state index in [9.17, 15) is 15.0 Å². The quantitative estimate of drug-likeness (QED) is 0.890. The summed E-state index contributed by atoms with van der Waals surface area (Å²) in [6, 6.07) is 3.72. The van der Waals surface area contributed by atoms with Crippen LogP contribution in [0, 0.1) is 0 Å². The van der Waals surface area contributed by atoms with E-state index >= 15 is 0 Å². The first-order chi connectivity index (χ1) is 11.0. The van der Waals surface area contributed by atoms with Crippen LogP contribution in [-0.2, 0) is 0 Å². The van der Waals surface area contributed by atoms with E-state index < -0.39 is 11.7 Å². The van der Waals surface area contributed by atoms with Crippen LogP contribution in [-0.4, -0.2) is 55.8 Å². The molecule has 3 heterocycles. The second kappa shape index (κ2) is 6.35. The molecule has 0 spiro atoms. The number of amides is 1. The third-order valence-corrected chi connectivity index (χ3v) is 5.25. The van der Waals surface area contributed by atoms with Crippen molar-refractivity contribution in [1.82, 2.24) is 14.9 Å². The Kier molecular flexibility index (Phi) is 4.43. The van der Waals surface area contributed by atoms with Gasteiger partial charge < -0.3 is 15.1 Å². The van der Waals surface area contributed by atoms with Crippen LogP contribution in [0.3, 0.4) is 0 Å². The maximum Gasteiger partial charge on any atom is 0.273 e. The van der Waals surface area contributed by atoms with Crippen LogP contribution in [0.4, 0.5) is 0 Å². The lowest BCUT2D eigenvalue weighted by atomic mass is 9.86. The molecule has 0 radical (unpaired) electrons. The zero-order valence-electron chi connectivity index (χ0n) is 12.8. The van der Waals surface area contributed by atoms with Gasteiger partial charge in [0.25, 0.3) is 5.91 Å². The average molecular weight is 333 g/mol. The molecule has 0 saturated carbocycles. The number of hydrogen-bond donors (Lipinski definition) is 2. The molecule has 0 aliphatic carbocycles. The maximum absolute atomic E-state index is 12.6. The fourth-order valence-corrected chi connectivity index (χ4v) is 3.50. The molecule has 1 saturated heterocycles. The summed E-state index contributed by atoms with van der Waals surface area (Å²) in [5, 5.41) is 22.8. The summed E-state index contributed by atoms with van der Waals surface area (Å²) in [5.74, 6) is -0.214. The van der Waals surface area contributed by atoms with E-state index in [2.05, 4.69) is 9.97 Å². The van der Waals surface area contributed by atoms with Gasteiger partial charge in [-0.2, -0.15) is 0 Å². The third-order valence-electron chi connectivity index (χ3n) is 4.36. The molecule has 0 unspecified atom stereocenters. The normalized spacial score (nSPS) is 24.7. The molecule has 23 heavy (non-hydrogen) atoms. The summed E-state index contributed by atoms with van der Waals surface area (Å²) in [7, 11) is 0. The van der Waals surface area contributed by atoms with Crippen molar-refractivity contribution in [1.29, 1.82) is 0 Å². The van der Waals surface area contributed by atoms with E-state index in [0.29, 0.717) is 25.1 Å². The Hall–Kier alpha value is -1.83. The predicted octanol–water partition coefficient (Wildman–Crippen LogP) is 1.55. The Balaban J connectivity index is 1.74. The van der Waals surface area contributed by atoms with Crippen molar-refractivity contribution in [3.63, 3.8) is 0 Å². The number of aliphatic hydroxyl groups is 2. The second-order valence-electron chi connectivity index (χ2n) is 5.75. The number of aromatic nitrogens is 2. The number of thiazole rings is 1. The van der Waals surface area contributed by atoms with Gasteiger partial charge >= 0.3 is 0 Å². The lowest BCUT2D eigenvalue weighted by molar-refractivity contribution is -0.114. The standard InChI is InChI=1S/C16H19N3O3S/c1-2-16(22)5-7-19(9-13(16)20)15(21)12-10-23-14(18-12)11-4-3-6-17-8-11/h3-4,6,8,10,13,20,22H,2,5,7,9H2,1H3/t13-,16-/m1/s1. The summed E-state index contributed by atoms with van der Waals surface area (Å²) in [6.45, 7) is 2.38. The molecule has 3 rings (SSSR count). The number of hydrogen-bond acceptors (Lipinski definition) is 6. The van der Waals surface area contributed by atoms with Gasteiger partial charge in [0.05, 0.1) is 5.60 Å². The molecule has 1 aliphatic rings. The Morgan fingerprint density at radius 3 is 3.04 bits per heavy atom. The SMILES string of the molecule is CC[C@@]1(O)CCN(C(=O)c2csc(-c3cccnc3)n2)C[C@H]1O. The zero-order chi connectivity index (χ0) is 16.4. The molecular formula is C16H19N3O3S. The summed E-state index contributed by atoms with van der Waals surface area (Å²) in [6.07, 6.45) is 3.31. The van der Waals surface area contributed by atoms with Gasteiger partial charge in [0.15, 0.2) is 0 Å². The molecule has 6 nitrogen and oxygen atoms in total. The minimum atomic E-state index is -1.10. The van der Waals surface area contributed by atoms with Gasteiger partial charge in [0, 0.05) is 36.4 Å². The fraction of sp³-hybridized carbons (Fsp3) is 0.438. The molecule has 0 aromatic carbocycles. The van der Waals surface area contributed by atoms with Gasteiger partial charge in [-0.15, -0.1) is 11.3 Å². The lowest BCUT2D eigenvalue weighted by Crippen LogP contribution is -2.56. The third kappa shape index (κ3) is 3.12. The van der Waals surface area contributed by atoms with E-state index in [0.717, 1.165) is 10.6 Å². The van der Waals surface area contributed by atoms with Gasteiger partial charge in [0.2, 0.25) is 0 Å². The average Bonchev–Trinajstić information content (AvgIpc) is 3.07. The van der Waals surface area contributed by atoms with Crippen LogP contribution in [0.25, 0.3) is 10.6 Å². The smallest absolute Gasteiger partial charge is 0.273 e. The minimum Gasteiger partial charge on any atom is -0.388 e. The van der Waals surface area contributed by atoms with Crippen molar-refractivity contribution in [2.24, 2.45) is 0 Å². The van der Waals surface area contributed by atoms with Gasteiger partial charge in [-0.3, -0.25) is 9.78 Å². The number of carbonyl (C=O) groups is 1. The highest BCUT2D eigenvalue weighted by molar-refractivity contribution is 7.13. The Morgan fingerprint density at radius 2 is 2.39 bits per heavy atom. The van der Waals surface area contributed by atoms with Crippen LogP contribution in [0.2, 0.25) is 0 Å². The van der Waals surface area contributed by atoms with E-state index in [1.165, 1.54) is 11.3 Å². The molecular weight excluding hydrogens is 314 g/mol. The van der Waals surface area contributed by atoms with Crippen LogP contribution in [0.1, 0.15) is 30.3 Å². The van der Waals surface area contributed by atoms with Gasteiger partial charge in [-0.1, -0.05) is 6.92 Å². The van der Waals surface area contributed by atoms with Gasteiger partial charge in [-0.05, 0) is 25.0 Å². The Morgan fingerprint density at radius 1 is 1.57 bits per heavy atom. The molecule has 122 valence electrons.